The van der Waals surface area contributed by atoms with Crippen LogP contribution in [0.2, 0.25) is 0 Å². The van der Waals surface area contributed by atoms with Crippen molar-refractivity contribution in [2.45, 2.75) is 32.6 Å². The monoisotopic (exact) mass is 408 g/mol. The van der Waals surface area contributed by atoms with Crippen LogP contribution < -0.4 is 19.8 Å². The van der Waals surface area contributed by atoms with E-state index in [9.17, 15) is 9.59 Å². The van der Waals surface area contributed by atoms with Gasteiger partial charge in [0.1, 0.15) is 11.3 Å². The summed E-state index contributed by atoms with van der Waals surface area (Å²) in [5.74, 6) is 1.52. The summed E-state index contributed by atoms with van der Waals surface area (Å²) in [7, 11) is 0. The van der Waals surface area contributed by atoms with Gasteiger partial charge in [-0.2, -0.15) is 0 Å². The zero-order valence-electron chi connectivity index (χ0n) is 16.9. The highest BCUT2D eigenvalue weighted by atomic mass is 16.5. The Morgan fingerprint density at radius 1 is 1.03 bits per heavy atom. The normalized spacial score (nSPS) is 13.1. The van der Waals surface area contributed by atoms with Gasteiger partial charge in [0.05, 0.1) is 13.2 Å². The molecule has 156 valence electrons. The second-order valence-corrected chi connectivity index (χ2v) is 7.28. The number of ketones is 1. The molecule has 0 saturated carbocycles. The third-order valence-corrected chi connectivity index (χ3v) is 5.04. The van der Waals surface area contributed by atoms with Crippen LogP contribution in [0.25, 0.3) is 11.0 Å². The Labute approximate surface area is 174 Å². The lowest BCUT2D eigenvalue weighted by Gasteiger charge is -2.10. The van der Waals surface area contributed by atoms with Crippen LogP contribution in [0, 0.1) is 0 Å². The smallest absolute Gasteiger partial charge is 0.336 e. The number of fused-ring (bicyclic) bond motifs is 2. The molecule has 0 amide bonds. The van der Waals surface area contributed by atoms with E-state index in [1.54, 1.807) is 36.4 Å². The van der Waals surface area contributed by atoms with Gasteiger partial charge in [-0.3, -0.25) is 4.79 Å². The summed E-state index contributed by atoms with van der Waals surface area (Å²) < 4.78 is 22.2. The molecule has 2 aromatic carbocycles. The fourth-order valence-electron chi connectivity index (χ4n) is 3.44. The van der Waals surface area contributed by atoms with E-state index in [-0.39, 0.29) is 18.0 Å². The molecule has 3 aromatic rings. The Balaban J connectivity index is 1.48. The van der Waals surface area contributed by atoms with E-state index >= 15 is 0 Å². The molecule has 4 rings (SSSR count). The Bertz CT molecular complexity index is 1110. The summed E-state index contributed by atoms with van der Waals surface area (Å²) in [6.07, 6.45) is 3.67. The Morgan fingerprint density at radius 3 is 2.70 bits per heavy atom. The molecule has 0 fully saturated rings. The number of Topliss-reactive ketones (excluding diaryl/α,β-unsaturated/α-hetero) is 1. The number of benzene rings is 2. The van der Waals surface area contributed by atoms with Crippen LogP contribution in [-0.4, -0.2) is 25.6 Å². The summed E-state index contributed by atoms with van der Waals surface area (Å²) in [5.41, 5.74) is 1.55. The maximum Gasteiger partial charge on any atom is 0.336 e. The quantitative estimate of drug-likeness (QED) is 0.421. The second-order valence-electron chi connectivity index (χ2n) is 7.28. The Morgan fingerprint density at radius 2 is 1.87 bits per heavy atom. The molecule has 0 atom stereocenters. The molecule has 0 unspecified atom stereocenters. The van der Waals surface area contributed by atoms with Crippen molar-refractivity contribution in [2.75, 3.05) is 19.8 Å². The van der Waals surface area contributed by atoms with Crippen LogP contribution in [0.3, 0.4) is 0 Å². The third-order valence-electron chi connectivity index (χ3n) is 5.04. The summed E-state index contributed by atoms with van der Waals surface area (Å²) >= 11 is 0. The number of hydrogen-bond acceptors (Lipinski definition) is 6. The largest absolute Gasteiger partial charge is 0.490 e. The first-order valence-corrected chi connectivity index (χ1v) is 10.3. The number of hydrogen-bond donors (Lipinski definition) is 0. The number of carbonyl (C=O) groups excluding carboxylic acids is 1. The van der Waals surface area contributed by atoms with E-state index < -0.39 is 0 Å². The maximum absolute atomic E-state index is 12.6. The van der Waals surface area contributed by atoms with Crippen molar-refractivity contribution in [1.29, 1.82) is 0 Å². The van der Waals surface area contributed by atoms with E-state index in [1.807, 2.05) is 6.07 Å². The molecule has 0 N–H and O–H groups in total. The fraction of sp³-hybridized carbons (Fsp3) is 0.333. The molecule has 1 aromatic heterocycles. The SMILES string of the molecule is CCCCc1cc(=O)oc2cc(OCC(=O)c3ccc4c(c3)OCCCO4)ccc12. The first kappa shape index (κ1) is 20.0. The molecule has 0 bridgehead atoms. The van der Waals surface area contributed by atoms with Gasteiger partial charge in [-0.05, 0) is 48.7 Å². The van der Waals surface area contributed by atoms with Crippen LogP contribution in [0.5, 0.6) is 17.2 Å². The molecule has 6 nitrogen and oxygen atoms in total. The van der Waals surface area contributed by atoms with Crippen molar-refractivity contribution in [1.82, 2.24) is 0 Å². The lowest BCUT2D eigenvalue weighted by molar-refractivity contribution is 0.0921. The number of rotatable bonds is 7. The van der Waals surface area contributed by atoms with E-state index in [0.29, 0.717) is 41.6 Å². The highest BCUT2D eigenvalue weighted by Crippen LogP contribution is 2.30. The predicted molar refractivity (Wildman–Crippen MR) is 113 cm³/mol. The molecule has 1 aliphatic heterocycles. The number of carbonyl (C=O) groups is 1. The summed E-state index contributed by atoms with van der Waals surface area (Å²) in [5, 5.41) is 0.893. The van der Waals surface area contributed by atoms with E-state index in [2.05, 4.69) is 6.92 Å². The molecule has 1 aliphatic rings. The number of ether oxygens (including phenoxy) is 3. The maximum atomic E-state index is 12.6. The molecule has 0 spiro atoms. The zero-order valence-corrected chi connectivity index (χ0v) is 16.9. The first-order valence-electron chi connectivity index (χ1n) is 10.3. The van der Waals surface area contributed by atoms with Gasteiger partial charge >= 0.3 is 5.63 Å². The Kier molecular flexibility index (Phi) is 6.02. The predicted octanol–water partition coefficient (Wildman–Crippen LogP) is 4.56. The van der Waals surface area contributed by atoms with Gasteiger partial charge in [-0.1, -0.05) is 13.3 Å². The third kappa shape index (κ3) is 4.48. The van der Waals surface area contributed by atoms with Crippen molar-refractivity contribution < 1.29 is 23.4 Å². The summed E-state index contributed by atoms with van der Waals surface area (Å²) in [6.45, 7) is 3.13. The molecular weight excluding hydrogens is 384 g/mol. The molecule has 2 heterocycles. The lowest BCUT2D eigenvalue weighted by Crippen LogP contribution is -2.12. The summed E-state index contributed by atoms with van der Waals surface area (Å²) in [4.78, 5) is 24.5. The number of aryl methyl sites for hydroxylation is 1. The van der Waals surface area contributed by atoms with Gasteiger partial charge in [0, 0.05) is 29.5 Å². The minimum absolute atomic E-state index is 0.134. The molecule has 6 heteroatoms. The van der Waals surface area contributed by atoms with Gasteiger partial charge in [0.15, 0.2) is 23.9 Å². The summed E-state index contributed by atoms with van der Waals surface area (Å²) in [6, 6.07) is 12.0. The Hall–Kier alpha value is -3.28. The molecule has 30 heavy (non-hydrogen) atoms. The zero-order chi connectivity index (χ0) is 20.9. The van der Waals surface area contributed by atoms with Crippen molar-refractivity contribution in [2.24, 2.45) is 0 Å². The second kappa shape index (κ2) is 9.03. The van der Waals surface area contributed by atoms with Gasteiger partial charge in [-0.25, -0.2) is 4.79 Å². The van der Waals surface area contributed by atoms with Crippen LogP contribution >= 0.6 is 0 Å². The number of unbranched alkanes of at least 4 members (excludes halogenated alkanes) is 1. The van der Waals surface area contributed by atoms with Crippen molar-refractivity contribution >= 4 is 16.8 Å². The van der Waals surface area contributed by atoms with Gasteiger partial charge < -0.3 is 18.6 Å². The standard InChI is InChI=1S/C24H24O6/c1-2-3-5-16-13-24(26)30-22-14-18(7-8-19(16)22)29-15-20(25)17-6-9-21-23(12-17)28-11-4-10-27-21/h6-9,12-14H,2-5,10-11,15H2,1H3. The highest BCUT2D eigenvalue weighted by Gasteiger charge is 2.15. The van der Waals surface area contributed by atoms with Crippen LogP contribution in [0.4, 0.5) is 0 Å². The lowest BCUT2D eigenvalue weighted by atomic mass is 10.0. The first-order chi connectivity index (χ1) is 14.6. The topological polar surface area (TPSA) is 75.0 Å². The van der Waals surface area contributed by atoms with Crippen LogP contribution in [-0.2, 0) is 6.42 Å². The van der Waals surface area contributed by atoms with E-state index in [1.165, 1.54) is 0 Å². The fourth-order valence-corrected chi connectivity index (χ4v) is 3.44. The van der Waals surface area contributed by atoms with Crippen LogP contribution in [0.1, 0.15) is 42.1 Å². The van der Waals surface area contributed by atoms with Gasteiger partial charge in [-0.15, -0.1) is 0 Å². The minimum atomic E-state index is -0.381. The molecular formula is C24H24O6. The van der Waals surface area contributed by atoms with Gasteiger partial charge in [0.2, 0.25) is 0 Å². The van der Waals surface area contributed by atoms with Crippen LogP contribution in [0.15, 0.2) is 51.7 Å². The van der Waals surface area contributed by atoms with Crippen molar-refractivity contribution in [3.8, 4) is 17.2 Å². The van der Waals surface area contributed by atoms with E-state index in [4.69, 9.17) is 18.6 Å². The van der Waals surface area contributed by atoms with Crippen molar-refractivity contribution in [3.63, 3.8) is 0 Å². The molecule has 0 saturated heterocycles. The molecule has 0 radical (unpaired) electrons. The average molecular weight is 408 g/mol. The highest BCUT2D eigenvalue weighted by molar-refractivity contribution is 5.98. The molecule has 0 aliphatic carbocycles. The minimum Gasteiger partial charge on any atom is -0.490 e. The van der Waals surface area contributed by atoms with Gasteiger partial charge in [0.25, 0.3) is 0 Å². The average Bonchev–Trinajstić information content (AvgIpc) is 3.00. The van der Waals surface area contributed by atoms with E-state index in [0.717, 1.165) is 36.6 Å². The van der Waals surface area contributed by atoms with Crippen molar-refractivity contribution in [3.05, 3.63) is 64.0 Å².